The van der Waals surface area contributed by atoms with Crippen molar-refractivity contribution in [2.45, 2.75) is 31.0 Å². The Balaban J connectivity index is 1.78. The van der Waals surface area contributed by atoms with E-state index in [-0.39, 0.29) is 10.8 Å². The third-order valence-electron chi connectivity index (χ3n) is 5.11. The lowest BCUT2D eigenvalue weighted by Crippen LogP contribution is -2.19. The number of rotatable bonds is 5. The summed E-state index contributed by atoms with van der Waals surface area (Å²) in [5.74, 6) is -3.06. The topological polar surface area (TPSA) is 98.5 Å². The van der Waals surface area contributed by atoms with E-state index in [1.54, 1.807) is 13.8 Å². The first-order chi connectivity index (χ1) is 13.7. The number of sulfonamides is 1. The van der Waals surface area contributed by atoms with Gasteiger partial charge in [-0.2, -0.15) is 0 Å². The first-order valence-electron chi connectivity index (χ1n) is 8.69. The first-order valence-corrected chi connectivity index (χ1v) is 10.2. The fourth-order valence-corrected chi connectivity index (χ4v) is 4.14. The molecule has 0 spiro atoms. The molecule has 0 radical (unpaired) electrons. The Morgan fingerprint density at radius 1 is 1.13 bits per heavy atom. The lowest BCUT2D eigenvalue weighted by molar-refractivity contribution is -0.274. The van der Waals surface area contributed by atoms with Crippen molar-refractivity contribution >= 4 is 21.6 Å². The number of amides is 1. The molecule has 30 heavy (non-hydrogen) atoms. The number of carbonyl (C=O) groups is 1. The largest absolute Gasteiger partial charge is 0.573 e. The summed E-state index contributed by atoms with van der Waals surface area (Å²) >= 11 is 0. The minimum absolute atomic E-state index is 0.0748. The predicted octanol–water partition coefficient (Wildman–Crippen LogP) is 3.75. The van der Waals surface area contributed by atoms with Crippen molar-refractivity contribution in [3.8, 4) is 5.75 Å². The second-order valence-corrected chi connectivity index (χ2v) is 9.13. The summed E-state index contributed by atoms with van der Waals surface area (Å²) in [6.07, 6.45) is -4.95. The fourth-order valence-electron chi connectivity index (χ4n) is 3.62. The summed E-state index contributed by atoms with van der Waals surface area (Å²) in [4.78, 5) is 12.6. The zero-order valence-corrected chi connectivity index (χ0v) is 16.6. The van der Waals surface area contributed by atoms with Gasteiger partial charge >= 0.3 is 6.36 Å². The van der Waals surface area contributed by atoms with Crippen LogP contribution >= 0.6 is 0 Å². The number of primary sulfonamides is 1. The number of anilines is 1. The van der Waals surface area contributed by atoms with E-state index in [1.807, 2.05) is 0 Å². The molecule has 0 bridgehead atoms. The highest BCUT2D eigenvalue weighted by Gasteiger charge is 2.62. The van der Waals surface area contributed by atoms with Crippen molar-refractivity contribution in [3.63, 3.8) is 0 Å². The van der Waals surface area contributed by atoms with Gasteiger partial charge in [0.05, 0.1) is 16.5 Å². The van der Waals surface area contributed by atoms with Crippen LogP contribution in [0.15, 0.2) is 47.4 Å². The van der Waals surface area contributed by atoms with E-state index < -0.39 is 50.9 Å². The maximum atomic E-state index is 14.0. The van der Waals surface area contributed by atoms with E-state index in [0.717, 1.165) is 18.2 Å². The highest BCUT2D eigenvalue weighted by atomic mass is 32.2. The van der Waals surface area contributed by atoms with Crippen LogP contribution in [0.3, 0.4) is 0 Å². The van der Waals surface area contributed by atoms with Crippen molar-refractivity contribution in [2.75, 3.05) is 5.32 Å². The van der Waals surface area contributed by atoms with E-state index in [1.165, 1.54) is 24.3 Å². The van der Waals surface area contributed by atoms with E-state index in [4.69, 9.17) is 5.14 Å². The molecular weight excluding hydrogens is 428 g/mol. The number of carbonyl (C=O) groups excluding carboxylic acids is 1. The van der Waals surface area contributed by atoms with Gasteiger partial charge in [-0.25, -0.2) is 17.9 Å². The van der Waals surface area contributed by atoms with Gasteiger partial charge in [0.15, 0.2) is 0 Å². The van der Waals surface area contributed by atoms with Crippen molar-refractivity contribution in [1.29, 1.82) is 0 Å². The van der Waals surface area contributed by atoms with E-state index in [2.05, 4.69) is 10.1 Å². The molecule has 0 heterocycles. The average Bonchev–Trinajstić information content (AvgIpc) is 3.18. The molecule has 0 saturated heterocycles. The number of nitrogens with one attached hydrogen (secondary N) is 1. The molecular formula is C19H18F4N2O4S. The molecule has 162 valence electrons. The van der Waals surface area contributed by atoms with Crippen LogP contribution in [0.4, 0.5) is 23.2 Å². The fraction of sp³-hybridized carbons (Fsp3) is 0.316. The summed E-state index contributed by atoms with van der Waals surface area (Å²) in [6.45, 7) is 3.60. The van der Waals surface area contributed by atoms with Crippen LogP contribution in [-0.4, -0.2) is 20.7 Å². The normalized spacial score (nSPS) is 20.5. The number of benzene rings is 2. The van der Waals surface area contributed by atoms with Crippen LogP contribution < -0.4 is 15.2 Å². The monoisotopic (exact) mass is 446 g/mol. The van der Waals surface area contributed by atoms with Crippen LogP contribution in [0.2, 0.25) is 0 Å². The molecule has 2 aromatic rings. The number of halogens is 4. The maximum absolute atomic E-state index is 14.0. The van der Waals surface area contributed by atoms with Gasteiger partial charge in [0.1, 0.15) is 11.6 Å². The Labute approximate surface area is 170 Å². The lowest BCUT2D eigenvalue weighted by Gasteiger charge is -2.12. The van der Waals surface area contributed by atoms with Crippen molar-refractivity contribution < 1.29 is 35.5 Å². The zero-order chi connectivity index (χ0) is 22.5. The maximum Gasteiger partial charge on any atom is 0.573 e. The van der Waals surface area contributed by atoms with Crippen molar-refractivity contribution in [1.82, 2.24) is 0 Å². The third-order valence-corrected chi connectivity index (χ3v) is 6.04. The molecule has 0 aliphatic heterocycles. The number of nitrogens with two attached hydrogens (primary N) is 1. The van der Waals surface area contributed by atoms with E-state index in [9.17, 15) is 30.8 Å². The third kappa shape index (κ3) is 4.57. The molecule has 1 saturated carbocycles. The minimum atomic E-state index is -4.95. The highest BCUT2D eigenvalue weighted by Crippen LogP contribution is 2.64. The van der Waals surface area contributed by atoms with Crippen molar-refractivity contribution in [3.05, 3.63) is 53.8 Å². The SMILES string of the molecule is CC1(C)[C@@H](C(=O)Nc2cc(OC(F)(F)F)ccc2F)[C@@H]1c1ccc(S(N)(=O)=O)cc1. The summed E-state index contributed by atoms with van der Waals surface area (Å²) < 4.78 is 77.6. The lowest BCUT2D eigenvalue weighted by atomic mass is 10.0. The van der Waals surface area contributed by atoms with E-state index in [0.29, 0.717) is 5.56 Å². The Kier molecular flexibility index (Phi) is 5.32. The van der Waals surface area contributed by atoms with Gasteiger partial charge in [0.2, 0.25) is 15.9 Å². The number of hydrogen-bond donors (Lipinski definition) is 2. The average molecular weight is 446 g/mol. The zero-order valence-electron chi connectivity index (χ0n) is 15.8. The smallest absolute Gasteiger partial charge is 0.406 e. The molecule has 2 aromatic carbocycles. The summed E-state index contributed by atoms with van der Waals surface area (Å²) in [5, 5.41) is 7.38. The quantitative estimate of drug-likeness (QED) is 0.684. The Bertz CT molecular complexity index is 1080. The molecule has 6 nitrogen and oxygen atoms in total. The van der Waals surface area contributed by atoms with Gasteiger partial charge < -0.3 is 10.1 Å². The first kappa shape index (κ1) is 22.0. The number of alkyl halides is 3. The standard InChI is InChI=1S/C19H18F4N2O4S/c1-18(2)15(10-3-6-12(7-4-10)30(24,27)28)16(18)17(26)25-14-9-11(5-8-13(14)20)29-19(21,22)23/h3-9,15-16H,1-2H3,(H,25,26)(H2,24,27,28)/t15-,16+/m0/s1. The number of ether oxygens (including phenoxy) is 1. The van der Waals surface area contributed by atoms with Crippen LogP contribution in [0.5, 0.6) is 5.75 Å². The van der Waals surface area contributed by atoms with Gasteiger partial charge in [-0.3, -0.25) is 4.79 Å². The molecule has 1 amide bonds. The second-order valence-electron chi connectivity index (χ2n) is 7.57. The van der Waals surface area contributed by atoms with Crippen LogP contribution in [0.1, 0.15) is 25.3 Å². The van der Waals surface area contributed by atoms with Gasteiger partial charge in [-0.1, -0.05) is 26.0 Å². The van der Waals surface area contributed by atoms with E-state index >= 15 is 0 Å². The van der Waals surface area contributed by atoms with Crippen LogP contribution in [0.25, 0.3) is 0 Å². The molecule has 1 fully saturated rings. The van der Waals surface area contributed by atoms with Gasteiger partial charge in [0, 0.05) is 12.0 Å². The molecule has 11 heteroatoms. The summed E-state index contributed by atoms with van der Waals surface area (Å²) in [6, 6.07) is 8.05. The molecule has 0 unspecified atom stereocenters. The molecule has 1 aliphatic carbocycles. The van der Waals surface area contributed by atoms with Crippen molar-refractivity contribution in [2.24, 2.45) is 16.5 Å². The van der Waals surface area contributed by atoms with Gasteiger partial charge in [-0.15, -0.1) is 13.2 Å². The second kappa shape index (κ2) is 7.24. The molecule has 3 N–H and O–H groups in total. The summed E-state index contributed by atoms with van der Waals surface area (Å²) in [7, 11) is -3.86. The van der Waals surface area contributed by atoms with Crippen LogP contribution in [-0.2, 0) is 14.8 Å². The molecule has 1 aliphatic rings. The number of hydrogen-bond acceptors (Lipinski definition) is 4. The van der Waals surface area contributed by atoms with Gasteiger partial charge in [-0.05, 0) is 35.2 Å². The molecule has 2 atom stereocenters. The van der Waals surface area contributed by atoms with Gasteiger partial charge in [0.25, 0.3) is 0 Å². The van der Waals surface area contributed by atoms with Crippen LogP contribution in [0, 0.1) is 17.2 Å². The minimum Gasteiger partial charge on any atom is -0.406 e. The Morgan fingerprint density at radius 2 is 1.73 bits per heavy atom. The summed E-state index contributed by atoms with van der Waals surface area (Å²) in [5.41, 5.74) is -0.293. The highest BCUT2D eigenvalue weighted by molar-refractivity contribution is 7.89. The molecule has 0 aromatic heterocycles. The Hall–Kier alpha value is -2.66. The Morgan fingerprint density at radius 3 is 2.27 bits per heavy atom. The predicted molar refractivity (Wildman–Crippen MR) is 99.5 cm³/mol. The molecule has 3 rings (SSSR count).